The van der Waals surface area contributed by atoms with E-state index in [2.05, 4.69) is 11.8 Å². The second-order valence-corrected chi connectivity index (χ2v) is 5.76. The molecular weight excluding hydrogens is 366 g/mol. The van der Waals surface area contributed by atoms with Gasteiger partial charge in [0.2, 0.25) is 0 Å². The fraction of sp³-hybridized carbons (Fsp3) is 0.214. The lowest BCUT2D eigenvalue weighted by molar-refractivity contribution is -0.606. The molecular formula is C14H11Cl2F3N5+. The van der Waals surface area contributed by atoms with Crippen LogP contribution in [0.15, 0.2) is 18.2 Å². The molecule has 10 heteroatoms. The molecule has 126 valence electrons. The van der Waals surface area contributed by atoms with E-state index in [0.717, 1.165) is 12.1 Å². The number of hydrazine groups is 1. The first-order valence-corrected chi connectivity index (χ1v) is 7.16. The molecule has 1 aromatic carbocycles. The lowest BCUT2D eigenvalue weighted by Crippen LogP contribution is -2.24. The fourth-order valence-electron chi connectivity index (χ4n) is 1.91. The minimum atomic E-state index is -4.58. The molecule has 0 saturated carbocycles. The molecule has 0 saturated heterocycles. The van der Waals surface area contributed by atoms with Crippen molar-refractivity contribution in [3.8, 4) is 11.8 Å². The lowest BCUT2D eigenvalue weighted by atomic mass is 10.2. The van der Waals surface area contributed by atoms with Crippen molar-refractivity contribution in [2.75, 3.05) is 14.1 Å². The first kappa shape index (κ1) is 18.1. The minimum absolute atomic E-state index is 0.0262. The quantitative estimate of drug-likeness (QED) is 0.463. The van der Waals surface area contributed by atoms with Gasteiger partial charge in [-0.05, 0) is 12.1 Å². The van der Waals surface area contributed by atoms with E-state index in [0.29, 0.717) is 5.82 Å². The molecule has 0 aliphatic heterocycles. The molecule has 5 nitrogen and oxygen atoms in total. The number of hydrazone groups is 1. The minimum Gasteiger partial charge on any atom is -0.250 e. The Morgan fingerprint density at radius 1 is 1.25 bits per heavy atom. The van der Waals surface area contributed by atoms with E-state index in [-0.39, 0.29) is 21.4 Å². The monoisotopic (exact) mass is 376 g/mol. The summed E-state index contributed by atoms with van der Waals surface area (Å²) >= 11 is 12.0. The number of nitriles is 1. The Morgan fingerprint density at radius 3 is 2.21 bits per heavy atom. The SMILES string of the molecule is C=[N+](c1cc(C#N)nn1-c1c(Cl)cc(C(F)(F)F)cc1Cl)N(C)C. The van der Waals surface area contributed by atoms with Crippen molar-refractivity contribution >= 4 is 35.7 Å². The van der Waals surface area contributed by atoms with Crippen LogP contribution in [0.3, 0.4) is 0 Å². The van der Waals surface area contributed by atoms with Crippen LogP contribution in [0.1, 0.15) is 11.3 Å². The number of aromatic nitrogens is 2. The van der Waals surface area contributed by atoms with Gasteiger partial charge >= 0.3 is 12.0 Å². The average molecular weight is 377 g/mol. The predicted molar refractivity (Wildman–Crippen MR) is 84.0 cm³/mol. The number of benzene rings is 1. The highest BCUT2D eigenvalue weighted by molar-refractivity contribution is 6.37. The Balaban J connectivity index is 2.71. The normalized spacial score (nSPS) is 11.2. The molecule has 0 aliphatic rings. The Morgan fingerprint density at radius 2 is 1.79 bits per heavy atom. The molecule has 0 radical (unpaired) electrons. The summed E-state index contributed by atoms with van der Waals surface area (Å²) in [5.74, 6) is 0.306. The van der Waals surface area contributed by atoms with Crippen LogP contribution in [0.4, 0.5) is 19.0 Å². The van der Waals surface area contributed by atoms with E-state index in [4.69, 9.17) is 28.5 Å². The largest absolute Gasteiger partial charge is 0.416 e. The third-order valence-electron chi connectivity index (χ3n) is 3.11. The molecule has 0 spiro atoms. The van der Waals surface area contributed by atoms with E-state index >= 15 is 0 Å². The number of nitrogens with zero attached hydrogens (tertiary/aromatic N) is 5. The van der Waals surface area contributed by atoms with Crippen LogP contribution >= 0.6 is 23.2 Å². The molecule has 2 rings (SSSR count). The molecule has 0 unspecified atom stereocenters. The van der Waals surface area contributed by atoms with Crippen LogP contribution < -0.4 is 0 Å². The van der Waals surface area contributed by atoms with Gasteiger partial charge in [-0.25, -0.2) is 0 Å². The lowest BCUT2D eigenvalue weighted by Gasteiger charge is -2.13. The second kappa shape index (κ2) is 6.34. The van der Waals surface area contributed by atoms with Gasteiger partial charge in [-0.3, -0.25) is 5.01 Å². The highest BCUT2D eigenvalue weighted by Gasteiger charge is 2.34. The van der Waals surface area contributed by atoms with Crippen molar-refractivity contribution < 1.29 is 17.9 Å². The summed E-state index contributed by atoms with van der Waals surface area (Å²) in [6.07, 6.45) is -4.58. The Kier molecular flexibility index (Phi) is 4.78. The van der Waals surface area contributed by atoms with Crippen LogP contribution in [0.5, 0.6) is 0 Å². The summed E-state index contributed by atoms with van der Waals surface area (Å²) in [6, 6.07) is 4.78. The van der Waals surface area contributed by atoms with E-state index < -0.39 is 11.7 Å². The molecule has 24 heavy (non-hydrogen) atoms. The maximum atomic E-state index is 12.8. The maximum Gasteiger partial charge on any atom is 0.416 e. The van der Waals surface area contributed by atoms with Gasteiger partial charge in [-0.1, -0.05) is 33.0 Å². The number of hydrogen-bond donors (Lipinski definition) is 0. The van der Waals surface area contributed by atoms with Crippen molar-refractivity contribution in [3.05, 3.63) is 39.5 Å². The molecule has 1 aromatic heterocycles. The van der Waals surface area contributed by atoms with Gasteiger partial charge in [0.15, 0.2) is 11.4 Å². The maximum absolute atomic E-state index is 12.8. The molecule has 2 aromatic rings. The van der Waals surface area contributed by atoms with Crippen LogP contribution in [0, 0.1) is 11.3 Å². The molecule has 0 atom stereocenters. The molecule has 0 aliphatic carbocycles. The Hall–Kier alpha value is -2.24. The standard InChI is InChI=1S/C14H11Cl2F3N5/c1-22(2)23(3)12-6-9(7-20)21-24(12)13-10(15)4-8(5-11(13)16)14(17,18)19/h4-6H,3H2,1-2H3/q+1. The second-order valence-electron chi connectivity index (χ2n) is 4.94. The zero-order valence-electron chi connectivity index (χ0n) is 12.6. The van der Waals surface area contributed by atoms with Gasteiger partial charge in [0.05, 0.1) is 28.4 Å². The summed E-state index contributed by atoms with van der Waals surface area (Å²) in [4.78, 5) is 0. The summed E-state index contributed by atoms with van der Waals surface area (Å²) in [7, 11) is 3.37. The molecule has 0 amide bonds. The van der Waals surface area contributed by atoms with Crippen molar-refractivity contribution in [1.82, 2.24) is 14.8 Å². The average Bonchev–Trinajstić information content (AvgIpc) is 2.88. The summed E-state index contributed by atoms with van der Waals surface area (Å²) < 4.78 is 41.1. The number of alkyl halides is 3. The first-order chi connectivity index (χ1) is 11.1. The van der Waals surface area contributed by atoms with Crippen molar-refractivity contribution in [1.29, 1.82) is 5.26 Å². The van der Waals surface area contributed by atoms with Crippen molar-refractivity contribution in [3.63, 3.8) is 0 Å². The van der Waals surface area contributed by atoms with E-state index in [1.165, 1.54) is 15.4 Å². The van der Waals surface area contributed by atoms with Gasteiger partial charge in [0.25, 0.3) is 0 Å². The molecule has 0 bridgehead atoms. The topological polar surface area (TPSA) is 47.9 Å². The fourth-order valence-corrected chi connectivity index (χ4v) is 2.56. The van der Waals surface area contributed by atoms with Gasteiger partial charge in [-0.2, -0.15) is 18.4 Å². The van der Waals surface area contributed by atoms with Gasteiger partial charge in [0, 0.05) is 14.1 Å². The number of halogens is 5. The zero-order chi connectivity index (χ0) is 18.2. The Labute approximate surface area is 145 Å². The Bertz CT molecular complexity index is 826. The summed E-state index contributed by atoms with van der Waals surface area (Å²) in [6.45, 7) is 3.78. The van der Waals surface area contributed by atoms with E-state index in [9.17, 15) is 13.2 Å². The third-order valence-corrected chi connectivity index (χ3v) is 3.68. The van der Waals surface area contributed by atoms with Gasteiger partial charge in [0.1, 0.15) is 6.07 Å². The highest BCUT2D eigenvalue weighted by atomic mass is 35.5. The number of rotatable bonds is 3. The first-order valence-electron chi connectivity index (χ1n) is 6.41. The van der Waals surface area contributed by atoms with Gasteiger partial charge < -0.3 is 0 Å². The van der Waals surface area contributed by atoms with Crippen molar-refractivity contribution in [2.45, 2.75) is 6.18 Å². The molecule has 0 fully saturated rings. The van der Waals surface area contributed by atoms with Crippen LogP contribution in [-0.2, 0) is 6.18 Å². The molecule has 1 heterocycles. The third kappa shape index (κ3) is 3.32. The van der Waals surface area contributed by atoms with Crippen LogP contribution in [0.2, 0.25) is 10.0 Å². The van der Waals surface area contributed by atoms with Gasteiger partial charge in [-0.15, -0.1) is 4.68 Å². The van der Waals surface area contributed by atoms with Crippen molar-refractivity contribution in [2.24, 2.45) is 0 Å². The highest BCUT2D eigenvalue weighted by Crippen LogP contribution is 2.38. The zero-order valence-corrected chi connectivity index (χ0v) is 14.1. The summed E-state index contributed by atoms with van der Waals surface area (Å²) in [5.41, 5.74) is -0.916. The smallest absolute Gasteiger partial charge is 0.250 e. The predicted octanol–water partition coefficient (Wildman–Crippen LogP) is 3.89. The van der Waals surface area contributed by atoms with Crippen LogP contribution in [0.25, 0.3) is 5.69 Å². The van der Waals surface area contributed by atoms with Crippen LogP contribution in [-0.4, -0.2) is 40.3 Å². The molecule has 0 N–H and O–H groups in total. The summed E-state index contributed by atoms with van der Waals surface area (Å²) in [5, 5.41) is 14.1. The number of hydrogen-bond acceptors (Lipinski definition) is 3. The van der Waals surface area contributed by atoms with E-state index in [1.807, 2.05) is 6.07 Å². The van der Waals surface area contributed by atoms with E-state index in [1.54, 1.807) is 19.1 Å².